The molecule has 108 valence electrons. The van der Waals surface area contributed by atoms with E-state index in [0.717, 1.165) is 30.7 Å². The molecule has 0 bridgehead atoms. The molecule has 1 unspecified atom stereocenters. The summed E-state index contributed by atoms with van der Waals surface area (Å²) >= 11 is 0. The molecule has 0 saturated carbocycles. The highest BCUT2D eigenvalue weighted by Gasteiger charge is 2.17. The van der Waals surface area contributed by atoms with Crippen molar-refractivity contribution in [3.63, 3.8) is 0 Å². The van der Waals surface area contributed by atoms with Gasteiger partial charge in [-0.15, -0.1) is 5.10 Å². The molecule has 1 aromatic heterocycles. The number of hydrogen-bond acceptors (Lipinski definition) is 5. The zero-order chi connectivity index (χ0) is 14.5. The van der Waals surface area contributed by atoms with Crippen molar-refractivity contribution in [1.82, 2.24) is 20.2 Å². The maximum atomic E-state index is 5.84. The molecular formula is C14H21N5O. The predicted octanol–water partition coefficient (Wildman–Crippen LogP) is 2.68. The molecule has 20 heavy (non-hydrogen) atoms. The first-order valence-electron chi connectivity index (χ1n) is 6.93. The van der Waals surface area contributed by atoms with E-state index in [-0.39, 0.29) is 0 Å². The summed E-state index contributed by atoms with van der Waals surface area (Å²) in [6.45, 7) is 4.31. The van der Waals surface area contributed by atoms with E-state index in [2.05, 4.69) is 29.4 Å². The molecule has 1 aromatic carbocycles. The third-order valence-corrected chi connectivity index (χ3v) is 3.42. The zero-order valence-electron chi connectivity index (χ0n) is 12.2. The lowest BCUT2D eigenvalue weighted by molar-refractivity contribution is 0.403. The molecule has 1 atom stereocenters. The van der Waals surface area contributed by atoms with Crippen LogP contribution in [0.4, 0.5) is 5.69 Å². The SMILES string of the molecule is CCCC(CC)n1nnnc1-c1ccc(N)c(OC)c1. The smallest absolute Gasteiger partial charge is 0.182 e. The van der Waals surface area contributed by atoms with Crippen LogP contribution in [-0.4, -0.2) is 27.3 Å². The van der Waals surface area contributed by atoms with Crippen LogP contribution >= 0.6 is 0 Å². The van der Waals surface area contributed by atoms with Crippen LogP contribution in [0.1, 0.15) is 39.2 Å². The van der Waals surface area contributed by atoms with E-state index in [1.165, 1.54) is 0 Å². The predicted molar refractivity (Wildman–Crippen MR) is 78.5 cm³/mol. The Morgan fingerprint density at radius 1 is 1.35 bits per heavy atom. The Morgan fingerprint density at radius 2 is 2.15 bits per heavy atom. The largest absolute Gasteiger partial charge is 0.495 e. The number of ether oxygens (including phenoxy) is 1. The van der Waals surface area contributed by atoms with Gasteiger partial charge in [-0.25, -0.2) is 4.68 Å². The second kappa shape index (κ2) is 6.36. The number of tetrazole rings is 1. The highest BCUT2D eigenvalue weighted by molar-refractivity contribution is 5.65. The maximum Gasteiger partial charge on any atom is 0.182 e. The lowest BCUT2D eigenvalue weighted by Crippen LogP contribution is -2.11. The molecule has 0 aliphatic carbocycles. The van der Waals surface area contributed by atoms with Crippen molar-refractivity contribution in [2.45, 2.75) is 39.2 Å². The van der Waals surface area contributed by atoms with Gasteiger partial charge in [0.05, 0.1) is 18.8 Å². The van der Waals surface area contributed by atoms with Gasteiger partial charge in [-0.3, -0.25) is 0 Å². The first-order valence-corrected chi connectivity index (χ1v) is 6.93. The van der Waals surface area contributed by atoms with Crippen molar-refractivity contribution in [2.75, 3.05) is 12.8 Å². The van der Waals surface area contributed by atoms with E-state index >= 15 is 0 Å². The van der Waals surface area contributed by atoms with Gasteiger partial charge in [-0.05, 0) is 41.5 Å². The fourth-order valence-electron chi connectivity index (χ4n) is 2.31. The normalized spacial score (nSPS) is 12.3. The summed E-state index contributed by atoms with van der Waals surface area (Å²) in [6, 6.07) is 5.91. The van der Waals surface area contributed by atoms with Crippen LogP contribution in [0.3, 0.4) is 0 Å². The number of hydrogen-bond donors (Lipinski definition) is 1. The molecule has 0 aliphatic rings. The first-order chi connectivity index (χ1) is 9.71. The Hall–Kier alpha value is -2.11. The summed E-state index contributed by atoms with van der Waals surface area (Å²) in [5.74, 6) is 1.39. The fourth-order valence-corrected chi connectivity index (χ4v) is 2.31. The maximum absolute atomic E-state index is 5.84. The van der Waals surface area contributed by atoms with Crippen LogP contribution < -0.4 is 10.5 Å². The Balaban J connectivity index is 2.41. The number of nitrogen functional groups attached to an aromatic ring is 1. The number of nitrogens with two attached hydrogens (primary N) is 1. The third-order valence-electron chi connectivity index (χ3n) is 3.42. The molecule has 2 rings (SSSR count). The second-order valence-electron chi connectivity index (χ2n) is 4.75. The molecule has 0 fully saturated rings. The molecule has 0 aliphatic heterocycles. The van der Waals surface area contributed by atoms with Crippen molar-refractivity contribution in [3.05, 3.63) is 18.2 Å². The van der Waals surface area contributed by atoms with Crippen LogP contribution in [-0.2, 0) is 0 Å². The summed E-state index contributed by atoms with van der Waals surface area (Å²) in [7, 11) is 1.60. The van der Waals surface area contributed by atoms with Gasteiger partial charge < -0.3 is 10.5 Å². The minimum absolute atomic E-state index is 0.313. The Kier molecular flexibility index (Phi) is 4.55. The second-order valence-corrected chi connectivity index (χ2v) is 4.75. The molecule has 0 spiro atoms. The first kappa shape index (κ1) is 14.3. The van der Waals surface area contributed by atoms with Crippen LogP contribution in [0.2, 0.25) is 0 Å². The van der Waals surface area contributed by atoms with E-state index in [0.29, 0.717) is 17.5 Å². The van der Waals surface area contributed by atoms with Gasteiger partial charge in [-0.1, -0.05) is 20.3 Å². The molecule has 6 nitrogen and oxygen atoms in total. The monoisotopic (exact) mass is 275 g/mol. The van der Waals surface area contributed by atoms with Gasteiger partial charge in [-0.2, -0.15) is 0 Å². The quantitative estimate of drug-likeness (QED) is 0.820. The minimum Gasteiger partial charge on any atom is -0.495 e. The molecule has 6 heteroatoms. The molecule has 0 amide bonds. The highest BCUT2D eigenvalue weighted by Crippen LogP contribution is 2.29. The Bertz CT molecular complexity index is 566. The lowest BCUT2D eigenvalue weighted by atomic mass is 10.1. The third kappa shape index (κ3) is 2.74. The van der Waals surface area contributed by atoms with Gasteiger partial charge in [0.1, 0.15) is 5.75 Å². The van der Waals surface area contributed by atoms with Crippen molar-refractivity contribution in [1.29, 1.82) is 0 Å². The molecule has 1 heterocycles. The van der Waals surface area contributed by atoms with Crippen molar-refractivity contribution in [3.8, 4) is 17.1 Å². The molecule has 0 radical (unpaired) electrons. The van der Waals surface area contributed by atoms with Gasteiger partial charge in [0.2, 0.25) is 0 Å². The zero-order valence-corrected chi connectivity index (χ0v) is 12.2. The summed E-state index contributed by atoms with van der Waals surface area (Å²) in [5.41, 5.74) is 7.36. The Labute approximate surface area is 118 Å². The van der Waals surface area contributed by atoms with Crippen molar-refractivity contribution >= 4 is 5.69 Å². The number of benzene rings is 1. The standard InChI is InChI=1S/C14H21N5O/c1-4-6-11(5-2)19-14(16-17-18-19)10-7-8-12(15)13(9-10)20-3/h7-9,11H,4-6,15H2,1-3H3. The van der Waals surface area contributed by atoms with Gasteiger partial charge in [0, 0.05) is 5.56 Å². The molecular weight excluding hydrogens is 254 g/mol. The van der Waals surface area contributed by atoms with Gasteiger partial charge in [0.15, 0.2) is 5.82 Å². The number of aromatic nitrogens is 4. The number of rotatable bonds is 6. The van der Waals surface area contributed by atoms with Crippen LogP contribution in [0.5, 0.6) is 5.75 Å². The summed E-state index contributed by atoms with van der Waals surface area (Å²) in [5, 5.41) is 12.1. The van der Waals surface area contributed by atoms with Crippen LogP contribution in [0.25, 0.3) is 11.4 Å². The van der Waals surface area contributed by atoms with Crippen molar-refractivity contribution in [2.24, 2.45) is 0 Å². The van der Waals surface area contributed by atoms with E-state index in [1.54, 1.807) is 7.11 Å². The molecule has 0 saturated heterocycles. The molecule has 2 N–H and O–H groups in total. The topological polar surface area (TPSA) is 78.9 Å². The highest BCUT2D eigenvalue weighted by atomic mass is 16.5. The van der Waals surface area contributed by atoms with E-state index in [1.807, 2.05) is 22.9 Å². The van der Waals surface area contributed by atoms with Crippen LogP contribution in [0, 0.1) is 0 Å². The summed E-state index contributed by atoms with van der Waals surface area (Å²) < 4.78 is 7.15. The summed E-state index contributed by atoms with van der Waals surface area (Å²) in [4.78, 5) is 0. The molecule has 2 aromatic rings. The lowest BCUT2D eigenvalue weighted by Gasteiger charge is -2.16. The minimum atomic E-state index is 0.313. The number of anilines is 1. The fraction of sp³-hybridized carbons (Fsp3) is 0.500. The van der Waals surface area contributed by atoms with Crippen LogP contribution in [0.15, 0.2) is 18.2 Å². The Morgan fingerprint density at radius 3 is 2.80 bits per heavy atom. The van der Waals surface area contributed by atoms with E-state index < -0.39 is 0 Å². The number of nitrogens with zero attached hydrogens (tertiary/aromatic N) is 4. The van der Waals surface area contributed by atoms with E-state index in [4.69, 9.17) is 10.5 Å². The number of methoxy groups -OCH3 is 1. The van der Waals surface area contributed by atoms with Gasteiger partial charge in [0.25, 0.3) is 0 Å². The van der Waals surface area contributed by atoms with E-state index in [9.17, 15) is 0 Å². The van der Waals surface area contributed by atoms with Gasteiger partial charge >= 0.3 is 0 Å². The average Bonchev–Trinajstić information content (AvgIpc) is 2.94. The van der Waals surface area contributed by atoms with Crippen molar-refractivity contribution < 1.29 is 4.74 Å². The summed E-state index contributed by atoms with van der Waals surface area (Å²) in [6.07, 6.45) is 3.15. The average molecular weight is 275 g/mol.